The van der Waals surface area contributed by atoms with Gasteiger partial charge in [-0.2, -0.15) is 0 Å². The Kier molecular flexibility index (Phi) is 2.00. The van der Waals surface area contributed by atoms with Crippen molar-refractivity contribution < 1.29 is 0 Å². The van der Waals surface area contributed by atoms with Crippen molar-refractivity contribution in [3.8, 4) is 0 Å². The van der Waals surface area contributed by atoms with Crippen molar-refractivity contribution >= 4 is 0 Å². The van der Waals surface area contributed by atoms with Gasteiger partial charge in [0.25, 0.3) is 0 Å². The largest absolute Gasteiger partial charge is 0.349 e. The molecular formula is C10H14N2. The molecular weight excluding hydrogens is 148 g/mol. The van der Waals surface area contributed by atoms with E-state index in [1.165, 1.54) is 5.69 Å². The summed E-state index contributed by atoms with van der Waals surface area (Å²) in [6.07, 6.45) is 4.12. The molecule has 1 aliphatic rings. The molecule has 2 heteroatoms. The Morgan fingerprint density at radius 3 is 3.25 bits per heavy atom. The number of hydrogen-bond acceptors (Lipinski definition) is 1. The predicted octanol–water partition coefficient (Wildman–Crippen LogP) is 1.49. The van der Waals surface area contributed by atoms with Gasteiger partial charge >= 0.3 is 0 Å². The number of fused-ring (bicyclic) bond motifs is 1. The van der Waals surface area contributed by atoms with Gasteiger partial charge in [0, 0.05) is 38.1 Å². The standard InChI is InChI=1S/C10H14N2/c1-2-5-11-7-8-12-6-3-4-10(12)9-11/h2-4,6H,1,5,7-9H2. The highest BCUT2D eigenvalue weighted by Crippen LogP contribution is 2.11. The summed E-state index contributed by atoms with van der Waals surface area (Å²) in [7, 11) is 0. The van der Waals surface area contributed by atoms with Gasteiger partial charge in [-0.3, -0.25) is 4.90 Å². The maximum atomic E-state index is 3.75. The van der Waals surface area contributed by atoms with Crippen LogP contribution in [0.5, 0.6) is 0 Å². The molecule has 1 aromatic heterocycles. The van der Waals surface area contributed by atoms with Crippen LogP contribution in [0.1, 0.15) is 5.69 Å². The molecule has 1 aliphatic heterocycles. The summed E-state index contributed by atoms with van der Waals surface area (Å²) in [5.41, 5.74) is 1.42. The minimum Gasteiger partial charge on any atom is -0.349 e. The van der Waals surface area contributed by atoms with E-state index in [2.05, 4.69) is 34.4 Å². The van der Waals surface area contributed by atoms with Gasteiger partial charge in [-0.05, 0) is 12.1 Å². The summed E-state index contributed by atoms with van der Waals surface area (Å²) < 4.78 is 2.32. The predicted molar refractivity (Wildman–Crippen MR) is 49.9 cm³/mol. The first kappa shape index (κ1) is 7.62. The van der Waals surface area contributed by atoms with Crippen LogP contribution in [0.4, 0.5) is 0 Å². The van der Waals surface area contributed by atoms with Gasteiger partial charge < -0.3 is 4.57 Å². The van der Waals surface area contributed by atoms with Gasteiger partial charge in [-0.15, -0.1) is 6.58 Å². The molecule has 0 fully saturated rings. The third-order valence-corrected chi connectivity index (χ3v) is 2.35. The van der Waals surface area contributed by atoms with Crippen LogP contribution in [0.15, 0.2) is 31.0 Å². The molecule has 0 bridgehead atoms. The molecule has 0 atom stereocenters. The first-order valence-electron chi connectivity index (χ1n) is 4.37. The number of rotatable bonds is 2. The molecule has 0 spiro atoms. The van der Waals surface area contributed by atoms with Crippen molar-refractivity contribution in [1.82, 2.24) is 9.47 Å². The second-order valence-electron chi connectivity index (χ2n) is 3.22. The lowest BCUT2D eigenvalue weighted by atomic mass is 10.3. The van der Waals surface area contributed by atoms with Crippen molar-refractivity contribution in [3.63, 3.8) is 0 Å². The van der Waals surface area contributed by atoms with Crippen LogP contribution >= 0.6 is 0 Å². The molecule has 64 valence electrons. The van der Waals surface area contributed by atoms with Crippen LogP contribution in [0.25, 0.3) is 0 Å². The summed E-state index contributed by atoms with van der Waals surface area (Å²) in [5, 5.41) is 0. The summed E-state index contributed by atoms with van der Waals surface area (Å²) in [5.74, 6) is 0. The van der Waals surface area contributed by atoms with Crippen molar-refractivity contribution in [2.75, 3.05) is 13.1 Å². The molecule has 0 saturated carbocycles. The zero-order valence-electron chi connectivity index (χ0n) is 7.24. The summed E-state index contributed by atoms with van der Waals surface area (Å²) >= 11 is 0. The third kappa shape index (κ3) is 1.30. The van der Waals surface area contributed by atoms with Crippen LogP contribution in [-0.4, -0.2) is 22.6 Å². The maximum absolute atomic E-state index is 3.75. The molecule has 0 saturated heterocycles. The lowest BCUT2D eigenvalue weighted by Gasteiger charge is -2.27. The van der Waals surface area contributed by atoms with Crippen LogP contribution < -0.4 is 0 Å². The van der Waals surface area contributed by atoms with E-state index < -0.39 is 0 Å². The Hall–Kier alpha value is -1.02. The van der Waals surface area contributed by atoms with E-state index in [1.807, 2.05) is 6.08 Å². The van der Waals surface area contributed by atoms with E-state index in [-0.39, 0.29) is 0 Å². The Bertz CT molecular complexity index is 275. The fraction of sp³-hybridized carbons (Fsp3) is 0.400. The second-order valence-corrected chi connectivity index (χ2v) is 3.22. The van der Waals surface area contributed by atoms with Crippen molar-refractivity contribution in [3.05, 3.63) is 36.7 Å². The second kappa shape index (κ2) is 3.15. The zero-order valence-corrected chi connectivity index (χ0v) is 7.24. The molecule has 0 N–H and O–H groups in total. The minimum absolute atomic E-state index is 1.01. The molecule has 2 heterocycles. The number of nitrogens with zero attached hydrogens (tertiary/aromatic N) is 2. The van der Waals surface area contributed by atoms with Gasteiger partial charge in [-0.25, -0.2) is 0 Å². The van der Waals surface area contributed by atoms with E-state index in [4.69, 9.17) is 0 Å². The highest BCUT2D eigenvalue weighted by molar-refractivity contribution is 5.09. The number of aromatic nitrogens is 1. The topological polar surface area (TPSA) is 8.17 Å². The maximum Gasteiger partial charge on any atom is 0.0391 e. The summed E-state index contributed by atoms with van der Waals surface area (Å²) in [6.45, 7) is 8.09. The first-order valence-corrected chi connectivity index (χ1v) is 4.37. The molecule has 2 nitrogen and oxygen atoms in total. The molecule has 0 radical (unpaired) electrons. The molecule has 0 unspecified atom stereocenters. The summed E-state index contributed by atoms with van der Waals surface area (Å²) in [6, 6.07) is 4.31. The van der Waals surface area contributed by atoms with Crippen molar-refractivity contribution in [1.29, 1.82) is 0 Å². The van der Waals surface area contributed by atoms with Crippen LogP contribution in [-0.2, 0) is 13.1 Å². The van der Waals surface area contributed by atoms with Gasteiger partial charge in [0.1, 0.15) is 0 Å². The molecule has 12 heavy (non-hydrogen) atoms. The van der Waals surface area contributed by atoms with Gasteiger partial charge in [0.05, 0.1) is 0 Å². The Morgan fingerprint density at radius 1 is 1.50 bits per heavy atom. The third-order valence-electron chi connectivity index (χ3n) is 2.35. The monoisotopic (exact) mass is 162 g/mol. The first-order chi connectivity index (χ1) is 5.90. The fourth-order valence-electron chi connectivity index (χ4n) is 1.71. The van der Waals surface area contributed by atoms with Gasteiger partial charge in [-0.1, -0.05) is 6.08 Å². The van der Waals surface area contributed by atoms with Crippen LogP contribution in [0, 0.1) is 0 Å². The van der Waals surface area contributed by atoms with Crippen LogP contribution in [0.2, 0.25) is 0 Å². The van der Waals surface area contributed by atoms with Crippen molar-refractivity contribution in [2.45, 2.75) is 13.1 Å². The van der Waals surface area contributed by atoms with E-state index in [1.54, 1.807) is 0 Å². The van der Waals surface area contributed by atoms with E-state index >= 15 is 0 Å². The summed E-state index contributed by atoms with van der Waals surface area (Å²) in [4.78, 5) is 2.41. The Morgan fingerprint density at radius 2 is 2.42 bits per heavy atom. The lowest BCUT2D eigenvalue weighted by Crippen LogP contribution is -2.33. The van der Waals surface area contributed by atoms with Crippen LogP contribution in [0.3, 0.4) is 0 Å². The smallest absolute Gasteiger partial charge is 0.0391 e. The van der Waals surface area contributed by atoms with E-state index in [0.29, 0.717) is 0 Å². The fourth-order valence-corrected chi connectivity index (χ4v) is 1.71. The molecule has 0 amide bonds. The average Bonchev–Trinajstić information content (AvgIpc) is 2.51. The SMILES string of the molecule is C=CCN1CCn2cccc2C1. The van der Waals surface area contributed by atoms with Gasteiger partial charge in [0.15, 0.2) is 0 Å². The lowest BCUT2D eigenvalue weighted by molar-refractivity contribution is 0.244. The molecule has 1 aromatic rings. The molecule has 0 aromatic carbocycles. The van der Waals surface area contributed by atoms with E-state index in [0.717, 1.165) is 26.2 Å². The number of hydrogen-bond donors (Lipinski definition) is 0. The highest BCUT2D eigenvalue weighted by Gasteiger charge is 2.12. The quantitative estimate of drug-likeness (QED) is 0.598. The molecule has 0 aliphatic carbocycles. The normalized spacial score (nSPS) is 17.3. The highest BCUT2D eigenvalue weighted by atomic mass is 15.2. The Balaban J connectivity index is 2.09. The van der Waals surface area contributed by atoms with Crippen molar-refractivity contribution in [2.24, 2.45) is 0 Å². The van der Waals surface area contributed by atoms with Gasteiger partial charge in [0.2, 0.25) is 0 Å². The van der Waals surface area contributed by atoms with E-state index in [9.17, 15) is 0 Å². The molecule has 2 rings (SSSR count). The Labute approximate surface area is 73.1 Å². The average molecular weight is 162 g/mol. The minimum atomic E-state index is 1.01. The zero-order chi connectivity index (χ0) is 8.39.